The smallest absolute Gasteiger partial charge is 0.166 e. The third kappa shape index (κ3) is 1.62. The Morgan fingerprint density at radius 1 is 1.56 bits per heavy atom. The van der Waals surface area contributed by atoms with E-state index in [1.54, 1.807) is 0 Å². The van der Waals surface area contributed by atoms with Crippen molar-refractivity contribution in [1.29, 1.82) is 0 Å². The zero-order chi connectivity index (χ0) is 6.91. The Balaban J connectivity index is 2.61. The van der Waals surface area contributed by atoms with Gasteiger partial charge in [0.05, 0.1) is 12.1 Å². The first-order valence-electron chi connectivity index (χ1n) is 2.19. The molecule has 0 N–H and O–H groups in total. The summed E-state index contributed by atoms with van der Waals surface area (Å²) in [5.74, 6) is 0. The summed E-state index contributed by atoms with van der Waals surface area (Å²) in [6.45, 7) is -0.200. The maximum Gasteiger partial charge on any atom is 0.414 e. The quantitative estimate of drug-likeness (QED) is 0.484. The first-order chi connectivity index (χ1) is 4.11. The summed E-state index contributed by atoms with van der Waals surface area (Å²) in [6, 6.07) is 0. The lowest BCUT2D eigenvalue weighted by molar-refractivity contribution is -0.0919. The van der Waals surface area contributed by atoms with Crippen molar-refractivity contribution < 1.29 is 13.2 Å². The molecule has 5 heteroatoms. The van der Waals surface area contributed by atoms with Crippen molar-refractivity contribution in [3.8, 4) is 0 Å². The molecule has 0 atom stereocenters. The van der Waals surface area contributed by atoms with Gasteiger partial charge in [-0.1, -0.05) is 0 Å². The molecular formula is C4H3F3NS. The fourth-order valence-corrected chi connectivity index (χ4v) is 1.02. The topological polar surface area (TPSA) is 14.1 Å². The average Bonchev–Trinajstić information content (AvgIpc) is 2.08. The third-order valence-electron chi connectivity index (χ3n) is 0.869. The van der Waals surface area contributed by atoms with Gasteiger partial charge in [0.1, 0.15) is 0 Å². The van der Waals surface area contributed by atoms with E-state index in [-0.39, 0.29) is 6.54 Å². The molecule has 0 aromatic carbocycles. The molecule has 0 unspecified atom stereocenters. The van der Waals surface area contributed by atoms with Crippen LogP contribution in [0.3, 0.4) is 0 Å². The highest BCUT2D eigenvalue weighted by Gasteiger charge is 2.35. The predicted octanol–water partition coefficient (Wildman–Crippen LogP) is 1.70. The summed E-state index contributed by atoms with van der Waals surface area (Å²) in [6.07, 6.45) is -4.17. The minimum atomic E-state index is -4.17. The summed E-state index contributed by atoms with van der Waals surface area (Å²) in [5.41, 5.74) is -0.549. The Hall–Kier alpha value is -0.160. The van der Waals surface area contributed by atoms with E-state index in [2.05, 4.69) is 4.72 Å². The summed E-state index contributed by atoms with van der Waals surface area (Å²) < 4.78 is 38.3. The third-order valence-corrected chi connectivity index (χ3v) is 1.54. The van der Waals surface area contributed by atoms with Gasteiger partial charge in [0.15, 0.2) is 0 Å². The van der Waals surface area contributed by atoms with Gasteiger partial charge in [0, 0.05) is 0 Å². The number of rotatable bonds is 0. The van der Waals surface area contributed by atoms with Gasteiger partial charge in [0.2, 0.25) is 0 Å². The zero-order valence-electron chi connectivity index (χ0n) is 4.27. The van der Waals surface area contributed by atoms with E-state index < -0.39 is 11.7 Å². The van der Waals surface area contributed by atoms with Crippen LogP contribution in [0, 0.1) is 0 Å². The Labute approximate surface area is 54.4 Å². The van der Waals surface area contributed by atoms with Crippen molar-refractivity contribution in [3.05, 3.63) is 11.0 Å². The van der Waals surface area contributed by atoms with E-state index in [0.29, 0.717) is 0 Å². The minimum Gasteiger partial charge on any atom is -0.166 e. The van der Waals surface area contributed by atoms with Crippen molar-refractivity contribution in [2.45, 2.75) is 6.18 Å². The standard InChI is InChI=1S/C4H3F3NS/c5-4(6,7)3-1-8-9-2-3/h2H,1H2. The van der Waals surface area contributed by atoms with E-state index in [1.165, 1.54) is 0 Å². The van der Waals surface area contributed by atoms with Crippen LogP contribution >= 0.6 is 11.9 Å². The maximum absolute atomic E-state index is 11.6. The fourth-order valence-electron chi connectivity index (χ4n) is 0.401. The summed E-state index contributed by atoms with van der Waals surface area (Å²) in [5, 5.41) is 1.03. The molecule has 0 aliphatic carbocycles. The van der Waals surface area contributed by atoms with Crippen LogP contribution in [0.2, 0.25) is 0 Å². The normalized spacial score (nSPS) is 20.1. The molecule has 1 aliphatic heterocycles. The van der Waals surface area contributed by atoms with Crippen LogP contribution < -0.4 is 4.72 Å². The van der Waals surface area contributed by atoms with E-state index in [9.17, 15) is 13.2 Å². The lowest BCUT2D eigenvalue weighted by atomic mass is 10.3. The highest BCUT2D eigenvalue weighted by Crippen LogP contribution is 2.30. The largest absolute Gasteiger partial charge is 0.414 e. The molecule has 1 aliphatic rings. The van der Waals surface area contributed by atoms with Gasteiger partial charge >= 0.3 is 6.18 Å². The van der Waals surface area contributed by atoms with Crippen LogP contribution in [0.4, 0.5) is 13.2 Å². The van der Waals surface area contributed by atoms with Gasteiger partial charge in [0.25, 0.3) is 0 Å². The van der Waals surface area contributed by atoms with E-state index in [0.717, 1.165) is 17.4 Å². The summed E-state index contributed by atoms with van der Waals surface area (Å²) >= 11 is 0.852. The van der Waals surface area contributed by atoms with Gasteiger partial charge in [-0.15, -0.1) is 0 Å². The second kappa shape index (κ2) is 2.22. The molecule has 0 amide bonds. The Morgan fingerprint density at radius 2 is 2.22 bits per heavy atom. The molecule has 0 spiro atoms. The lowest BCUT2D eigenvalue weighted by Gasteiger charge is -2.03. The van der Waals surface area contributed by atoms with E-state index in [1.807, 2.05) is 0 Å². The second-order valence-electron chi connectivity index (χ2n) is 1.53. The zero-order valence-corrected chi connectivity index (χ0v) is 5.09. The Kier molecular flexibility index (Phi) is 1.72. The fraction of sp³-hybridized carbons (Fsp3) is 0.500. The molecule has 1 heterocycles. The van der Waals surface area contributed by atoms with Gasteiger partial charge in [-0.2, -0.15) is 17.9 Å². The minimum absolute atomic E-state index is 0.200. The molecule has 1 nitrogen and oxygen atoms in total. The number of hydrogen-bond donors (Lipinski definition) is 0. The second-order valence-corrected chi connectivity index (χ2v) is 2.24. The summed E-state index contributed by atoms with van der Waals surface area (Å²) in [7, 11) is 0. The first-order valence-corrected chi connectivity index (χ1v) is 3.03. The number of nitrogens with zero attached hydrogens (tertiary/aromatic N) is 1. The number of hydrogen-bond acceptors (Lipinski definition) is 1. The first kappa shape index (κ1) is 6.95. The van der Waals surface area contributed by atoms with Crippen LogP contribution in [0.1, 0.15) is 0 Å². The predicted molar refractivity (Wildman–Crippen MR) is 28.7 cm³/mol. The van der Waals surface area contributed by atoms with Crippen molar-refractivity contribution >= 4 is 11.9 Å². The van der Waals surface area contributed by atoms with Crippen molar-refractivity contribution in [1.82, 2.24) is 4.72 Å². The van der Waals surface area contributed by atoms with Gasteiger partial charge in [-0.3, -0.25) is 0 Å². The number of alkyl halides is 3. The molecule has 0 fully saturated rings. The molecule has 0 saturated heterocycles. The van der Waals surface area contributed by atoms with E-state index >= 15 is 0 Å². The molecule has 0 saturated carbocycles. The van der Waals surface area contributed by atoms with Crippen molar-refractivity contribution in [3.63, 3.8) is 0 Å². The maximum atomic E-state index is 11.6. The lowest BCUT2D eigenvalue weighted by Crippen LogP contribution is -2.14. The van der Waals surface area contributed by atoms with Gasteiger partial charge < -0.3 is 0 Å². The van der Waals surface area contributed by atoms with Crippen LogP contribution in [-0.4, -0.2) is 12.7 Å². The highest BCUT2D eigenvalue weighted by atomic mass is 32.2. The number of halogens is 3. The molecule has 0 aromatic heterocycles. The van der Waals surface area contributed by atoms with Crippen molar-refractivity contribution in [2.75, 3.05) is 6.54 Å². The van der Waals surface area contributed by atoms with E-state index in [4.69, 9.17) is 0 Å². The molecule has 0 aromatic rings. The highest BCUT2D eigenvalue weighted by molar-refractivity contribution is 8.00. The Bertz CT molecular complexity index is 139. The van der Waals surface area contributed by atoms with Crippen LogP contribution in [0.15, 0.2) is 11.0 Å². The molecular weight excluding hydrogens is 151 g/mol. The van der Waals surface area contributed by atoms with Gasteiger partial charge in [-0.25, -0.2) is 0 Å². The molecule has 1 radical (unpaired) electrons. The summed E-state index contributed by atoms with van der Waals surface area (Å²) in [4.78, 5) is 0. The molecule has 1 rings (SSSR count). The average molecular weight is 154 g/mol. The Morgan fingerprint density at radius 3 is 2.44 bits per heavy atom. The monoisotopic (exact) mass is 154 g/mol. The molecule has 0 bridgehead atoms. The van der Waals surface area contributed by atoms with Gasteiger partial charge in [-0.05, 0) is 17.4 Å². The van der Waals surface area contributed by atoms with Crippen LogP contribution in [0.5, 0.6) is 0 Å². The van der Waals surface area contributed by atoms with Crippen LogP contribution in [0.25, 0.3) is 0 Å². The molecule has 9 heavy (non-hydrogen) atoms. The molecule has 51 valence electrons. The van der Waals surface area contributed by atoms with Crippen LogP contribution in [-0.2, 0) is 0 Å². The van der Waals surface area contributed by atoms with Crippen molar-refractivity contribution in [2.24, 2.45) is 0 Å². The SMILES string of the molecule is FC(F)(F)C1=CS[N]C1.